The molecule has 0 radical (unpaired) electrons. The fraction of sp³-hybridized carbons (Fsp3) is 0.0769. The summed E-state index contributed by atoms with van der Waals surface area (Å²) in [5, 5.41) is 0.376. The Bertz CT molecular complexity index is 763. The molecule has 0 amide bonds. The van der Waals surface area contributed by atoms with E-state index in [0.29, 0.717) is 16.3 Å². The van der Waals surface area contributed by atoms with Crippen LogP contribution in [0.15, 0.2) is 41.3 Å². The van der Waals surface area contributed by atoms with Crippen LogP contribution in [0.1, 0.15) is 5.56 Å². The van der Waals surface area contributed by atoms with Crippen molar-refractivity contribution in [3.05, 3.63) is 52.8 Å². The molecule has 0 aliphatic carbocycles. The molecule has 2 aromatic carbocycles. The second kappa shape index (κ2) is 5.30. The van der Waals surface area contributed by atoms with Crippen LogP contribution in [0.4, 0.5) is 15.8 Å². The highest BCUT2D eigenvalue weighted by Gasteiger charge is 2.20. The van der Waals surface area contributed by atoms with Crippen LogP contribution in [0.5, 0.6) is 0 Å². The van der Waals surface area contributed by atoms with Crippen LogP contribution in [0.2, 0.25) is 5.02 Å². The van der Waals surface area contributed by atoms with E-state index in [4.69, 9.17) is 17.3 Å². The molecule has 0 aliphatic heterocycles. The number of nitrogens with one attached hydrogen (secondary N) is 1. The van der Waals surface area contributed by atoms with Gasteiger partial charge in [-0.15, -0.1) is 0 Å². The van der Waals surface area contributed by atoms with Gasteiger partial charge in [-0.25, -0.2) is 12.8 Å². The lowest BCUT2D eigenvalue weighted by Crippen LogP contribution is -2.15. The summed E-state index contributed by atoms with van der Waals surface area (Å²) >= 11 is 5.82. The van der Waals surface area contributed by atoms with Crippen molar-refractivity contribution in [3.8, 4) is 0 Å². The van der Waals surface area contributed by atoms with E-state index in [2.05, 4.69) is 4.72 Å². The molecule has 0 fully saturated rings. The maximum Gasteiger partial charge on any atom is 0.264 e. The molecule has 4 nitrogen and oxygen atoms in total. The van der Waals surface area contributed by atoms with Gasteiger partial charge in [0.25, 0.3) is 10.0 Å². The molecule has 20 heavy (non-hydrogen) atoms. The molecule has 7 heteroatoms. The van der Waals surface area contributed by atoms with Crippen LogP contribution in [-0.2, 0) is 10.0 Å². The fourth-order valence-corrected chi connectivity index (χ4v) is 3.04. The average molecular weight is 315 g/mol. The predicted octanol–water partition coefficient (Wildman–Crippen LogP) is 3.17. The monoisotopic (exact) mass is 314 g/mol. The number of rotatable bonds is 3. The van der Waals surface area contributed by atoms with Crippen molar-refractivity contribution < 1.29 is 12.8 Å². The number of hydrogen-bond acceptors (Lipinski definition) is 3. The van der Waals surface area contributed by atoms with Crippen molar-refractivity contribution in [1.29, 1.82) is 0 Å². The molecule has 2 rings (SSSR count). The lowest BCUT2D eigenvalue weighted by molar-refractivity contribution is 0.570. The van der Waals surface area contributed by atoms with Crippen molar-refractivity contribution in [2.45, 2.75) is 11.8 Å². The molecule has 0 bridgehead atoms. The van der Waals surface area contributed by atoms with Crippen molar-refractivity contribution in [2.75, 3.05) is 10.5 Å². The molecule has 0 unspecified atom stereocenters. The molecule has 2 aromatic rings. The topological polar surface area (TPSA) is 72.2 Å². The SMILES string of the molecule is Cc1ccc(Cl)cc1NS(=O)(=O)c1cc(N)ccc1F. The van der Waals surface area contributed by atoms with Gasteiger partial charge in [0, 0.05) is 10.7 Å². The molecule has 3 N–H and O–H groups in total. The van der Waals surface area contributed by atoms with Crippen molar-refractivity contribution in [3.63, 3.8) is 0 Å². The van der Waals surface area contributed by atoms with Crippen LogP contribution >= 0.6 is 11.6 Å². The Morgan fingerprint density at radius 3 is 2.60 bits per heavy atom. The Balaban J connectivity index is 2.46. The number of nitrogens with two attached hydrogens (primary N) is 1. The highest BCUT2D eigenvalue weighted by atomic mass is 35.5. The van der Waals surface area contributed by atoms with Crippen molar-refractivity contribution in [2.24, 2.45) is 0 Å². The van der Waals surface area contributed by atoms with Gasteiger partial charge in [-0.2, -0.15) is 0 Å². The van der Waals surface area contributed by atoms with E-state index in [-0.39, 0.29) is 5.69 Å². The van der Waals surface area contributed by atoms with Crippen LogP contribution in [0.25, 0.3) is 0 Å². The summed E-state index contributed by atoms with van der Waals surface area (Å²) in [7, 11) is -4.07. The van der Waals surface area contributed by atoms with Crippen molar-refractivity contribution >= 4 is 33.0 Å². The van der Waals surface area contributed by atoms with E-state index >= 15 is 0 Å². The van der Waals surface area contributed by atoms with E-state index in [1.807, 2.05) is 0 Å². The molecule has 106 valence electrons. The third-order valence-corrected chi connectivity index (χ3v) is 4.30. The molecule has 0 aliphatic rings. The predicted molar refractivity (Wildman–Crippen MR) is 77.8 cm³/mol. The molecule has 0 atom stereocenters. The van der Waals surface area contributed by atoms with E-state index in [0.717, 1.165) is 12.1 Å². The Labute approximate surface area is 121 Å². The molecule has 0 heterocycles. The third kappa shape index (κ3) is 3.02. The molecular weight excluding hydrogens is 303 g/mol. The first-order chi connectivity index (χ1) is 9.29. The maximum atomic E-state index is 13.6. The van der Waals surface area contributed by atoms with Gasteiger partial charge in [-0.05, 0) is 42.8 Å². The zero-order valence-corrected chi connectivity index (χ0v) is 12.1. The van der Waals surface area contributed by atoms with Gasteiger partial charge in [0.2, 0.25) is 0 Å². The average Bonchev–Trinajstić information content (AvgIpc) is 2.36. The first kappa shape index (κ1) is 14.6. The second-order valence-corrected chi connectivity index (χ2v) is 6.34. The zero-order valence-electron chi connectivity index (χ0n) is 10.5. The van der Waals surface area contributed by atoms with Gasteiger partial charge in [-0.3, -0.25) is 4.72 Å². The normalized spacial score (nSPS) is 11.3. The summed E-state index contributed by atoms with van der Waals surface area (Å²) in [6.07, 6.45) is 0. The highest BCUT2D eigenvalue weighted by Crippen LogP contribution is 2.25. The highest BCUT2D eigenvalue weighted by molar-refractivity contribution is 7.92. The summed E-state index contributed by atoms with van der Waals surface area (Å²) in [4.78, 5) is -0.503. The Kier molecular flexibility index (Phi) is 3.87. The minimum Gasteiger partial charge on any atom is -0.399 e. The summed E-state index contributed by atoms with van der Waals surface area (Å²) in [6, 6.07) is 8.12. The van der Waals surface area contributed by atoms with Crippen LogP contribution in [-0.4, -0.2) is 8.42 Å². The van der Waals surface area contributed by atoms with Gasteiger partial charge in [-0.1, -0.05) is 17.7 Å². The third-order valence-electron chi connectivity index (χ3n) is 2.69. The largest absolute Gasteiger partial charge is 0.399 e. The Morgan fingerprint density at radius 1 is 1.20 bits per heavy atom. The lowest BCUT2D eigenvalue weighted by atomic mass is 10.2. The number of nitrogen functional groups attached to an aromatic ring is 1. The Hall–Kier alpha value is -1.79. The van der Waals surface area contributed by atoms with Crippen LogP contribution in [0, 0.1) is 12.7 Å². The van der Waals surface area contributed by atoms with Crippen molar-refractivity contribution in [1.82, 2.24) is 0 Å². The molecule has 0 saturated carbocycles. The summed E-state index contributed by atoms with van der Waals surface area (Å²) in [5.74, 6) is -0.869. The first-order valence-corrected chi connectivity index (χ1v) is 7.50. The standard InChI is InChI=1S/C13H12ClFN2O2S/c1-8-2-3-9(14)6-12(8)17-20(18,19)13-7-10(16)4-5-11(13)15/h2-7,17H,16H2,1H3. The second-order valence-electron chi connectivity index (χ2n) is 4.25. The minimum absolute atomic E-state index is 0.162. The van der Waals surface area contributed by atoms with Gasteiger partial charge < -0.3 is 5.73 Å². The van der Waals surface area contributed by atoms with Gasteiger partial charge >= 0.3 is 0 Å². The lowest BCUT2D eigenvalue weighted by Gasteiger charge is -2.12. The number of halogens is 2. The van der Waals surface area contributed by atoms with E-state index in [9.17, 15) is 12.8 Å². The van der Waals surface area contributed by atoms with Gasteiger partial charge in [0.1, 0.15) is 10.7 Å². The van der Waals surface area contributed by atoms with Gasteiger partial charge in [0.05, 0.1) is 5.69 Å². The zero-order chi connectivity index (χ0) is 14.9. The summed E-state index contributed by atoms with van der Waals surface area (Å²) in [5.41, 5.74) is 6.61. The Morgan fingerprint density at radius 2 is 1.90 bits per heavy atom. The molecular formula is C13H12ClFN2O2S. The molecule has 0 spiro atoms. The van der Waals surface area contributed by atoms with Gasteiger partial charge in [0.15, 0.2) is 0 Å². The molecule has 0 aromatic heterocycles. The number of sulfonamides is 1. The number of anilines is 2. The van der Waals surface area contributed by atoms with E-state index in [1.165, 1.54) is 12.1 Å². The maximum absolute atomic E-state index is 13.6. The number of aryl methyl sites for hydroxylation is 1. The summed E-state index contributed by atoms with van der Waals surface area (Å²) in [6.45, 7) is 1.71. The molecule has 0 saturated heterocycles. The van der Waals surface area contributed by atoms with Crippen LogP contribution < -0.4 is 10.5 Å². The minimum atomic E-state index is -4.07. The smallest absolute Gasteiger partial charge is 0.264 e. The van der Waals surface area contributed by atoms with E-state index in [1.54, 1.807) is 19.1 Å². The quantitative estimate of drug-likeness (QED) is 0.855. The number of benzene rings is 2. The van der Waals surface area contributed by atoms with E-state index < -0.39 is 20.7 Å². The first-order valence-electron chi connectivity index (χ1n) is 5.63. The fourth-order valence-electron chi connectivity index (χ4n) is 1.63. The summed E-state index contributed by atoms with van der Waals surface area (Å²) < 4.78 is 40.3. The number of hydrogen-bond donors (Lipinski definition) is 2. The van der Waals surface area contributed by atoms with Crippen LogP contribution in [0.3, 0.4) is 0 Å².